The summed E-state index contributed by atoms with van der Waals surface area (Å²) in [6.07, 6.45) is -3.19. The molecule has 0 fully saturated rings. The van der Waals surface area contributed by atoms with E-state index >= 15 is 0 Å². The molecule has 0 aliphatic carbocycles. The number of aromatic nitrogens is 1. The predicted molar refractivity (Wildman–Crippen MR) is 113 cm³/mol. The highest BCUT2D eigenvalue weighted by Gasteiger charge is 2.30. The highest BCUT2D eigenvalue weighted by atomic mass is 35.5. The first-order valence-corrected chi connectivity index (χ1v) is 9.70. The third-order valence-corrected chi connectivity index (χ3v) is 4.68. The number of carbonyl (C=O) groups is 2. The third-order valence-electron chi connectivity index (χ3n) is 4.05. The Kier molecular flexibility index (Phi) is 7.22. The summed E-state index contributed by atoms with van der Waals surface area (Å²) in [6.45, 7) is -0.128. The van der Waals surface area contributed by atoms with E-state index in [9.17, 15) is 22.8 Å². The Labute approximate surface area is 190 Å². The molecule has 0 bridgehead atoms. The average Bonchev–Trinajstić information content (AvgIpc) is 2.72. The summed E-state index contributed by atoms with van der Waals surface area (Å²) in [5.41, 5.74) is -0.251. The second-order valence-electron chi connectivity index (χ2n) is 6.38. The maximum absolute atomic E-state index is 12.8. The Morgan fingerprint density at radius 1 is 1.00 bits per heavy atom. The van der Waals surface area contributed by atoms with Crippen LogP contribution in [0.5, 0.6) is 5.88 Å². The molecule has 3 aromatic rings. The van der Waals surface area contributed by atoms with E-state index in [1.807, 2.05) is 0 Å². The normalized spacial score (nSPS) is 11.0. The Balaban J connectivity index is 1.55. The van der Waals surface area contributed by atoms with Crippen molar-refractivity contribution in [2.45, 2.75) is 12.8 Å². The van der Waals surface area contributed by atoms with Crippen LogP contribution in [0, 0.1) is 0 Å². The van der Waals surface area contributed by atoms with E-state index in [0.29, 0.717) is 5.56 Å². The van der Waals surface area contributed by atoms with Gasteiger partial charge in [-0.25, -0.2) is 9.78 Å². The van der Waals surface area contributed by atoms with Gasteiger partial charge in [-0.2, -0.15) is 13.2 Å². The molecule has 0 spiro atoms. The van der Waals surface area contributed by atoms with Crippen LogP contribution in [0.1, 0.15) is 21.5 Å². The molecule has 0 saturated heterocycles. The average molecular weight is 484 g/mol. The van der Waals surface area contributed by atoms with Crippen molar-refractivity contribution in [2.75, 3.05) is 5.32 Å². The number of hydrogen-bond acceptors (Lipinski definition) is 4. The van der Waals surface area contributed by atoms with Crippen LogP contribution in [0.3, 0.4) is 0 Å². The molecule has 1 heterocycles. The van der Waals surface area contributed by atoms with Crippen LogP contribution in [0.4, 0.5) is 23.7 Å². The van der Waals surface area contributed by atoms with Crippen molar-refractivity contribution in [2.24, 2.45) is 0 Å². The molecule has 0 aliphatic rings. The van der Waals surface area contributed by atoms with E-state index in [2.05, 4.69) is 15.6 Å². The predicted octanol–water partition coefficient (Wildman–Crippen LogP) is 5.95. The van der Waals surface area contributed by atoms with Crippen LogP contribution in [0.2, 0.25) is 10.0 Å². The molecule has 0 unspecified atom stereocenters. The first-order chi connectivity index (χ1) is 15.1. The van der Waals surface area contributed by atoms with Gasteiger partial charge >= 0.3 is 12.2 Å². The van der Waals surface area contributed by atoms with E-state index in [-0.39, 0.29) is 33.8 Å². The number of rotatable bonds is 5. The Morgan fingerprint density at radius 2 is 1.69 bits per heavy atom. The van der Waals surface area contributed by atoms with Crippen molar-refractivity contribution in [3.63, 3.8) is 0 Å². The highest BCUT2D eigenvalue weighted by Crippen LogP contribution is 2.29. The largest absolute Gasteiger partial charge is 0.473 e. The number of ether oxygens (including phenoxy) is 1. The summed E-state index contributed by atoms with van der Waals surface area (Å²) in [4.78, 5) is 28.2. The fourth-order valence-corrected chi connectivity index (χ4v) is 3.15. The molecular formula is C21H14Cl2F3N3O3. The number of halogens is 5. The second kappa shape index (κ2) is 9.88. The van der Waals surface area contributed by atoms with Crippen LogP contribution < -0.4 is 15.4 Å². The molecule has 0 radical (unpaired) electrons. The number of benzene rings is 2. The molecule has 32 heavy (non-hydrogen) atoms. The van der Waals surface area contributed by atoms with Crippen LogP contribution in [0.25, 0.3) is 0 Å². The molecule has 0 atom stereocenters. The number of hydrogen-bond donors (Lipinski definition) is 2. The number of nitrogens with zero attached hydrogens (tertiary/aromatic N) is 1. The topological polar surface area (TPSA) is 80.3 Å². The lowest BCUT2D eigenvalue weighted by atomic mass is 10.1. The molecular weight excluding hydrogens is 470 g/mol. The molecule has 166 valence electrons. The quantitative estimate of drug-likeness (QED) is 0.469. The standard InChI is InChI=1S/C21H14Cl2F3N3O3/c22-15-5-2-6-16(23)18(15)19(30)29-20(31)28-14-7-8-17(27-10-14)32-11-12-3-1-4-13(9-12)21(24,25)26/h1-10H,11H2,(H2,28,29,30,31). The van der Waals surface area contributed by atoms with E-state index in [1.54, 1.807) is 6.07 Å². The van der Waals surface area contributed by atoms with Crippen molar-refractivity contribution in [1.29, 1.82) is 0 Å². The number of anilines is 1. The zero-order valence-electron chi connectivity index (χ0n) is 16.0. The number of pyridine rings is 1. The van der Waals surface area contributed by atoms with E-state index in [4.69, 9.17) is 27.9 Å². The first-order valence-electron chi connectivity index (χ1n) is 8.95. The van der Waals surface area contributed by atoms with Crippen molar-refractivity contribution < 1.29 is 27.5 Å². The maximum atomic E-state index is 12.8. The van der Waals surface area contributed by atoms with Crippen molar-refractivity contribution in [3.05, 3.63) is 87.5 Å². The fraction of sp³-hybridized carbons (Fsp3) is 0.0952. The molecule has 11 heteroatoms. The van der Waals surface area contributed by atoms with Gasteiger partial charge in [0.05, 0.1) is 33.1 Å². The van der Waals surface area contributed by atoms with Gasteiger partial charge in [-0.15, -0.1) is 0 Å². The van der Waals surface area contributed by atoms with Gasteiger partial charge in [0.1, 0.15) is 6.61 Å². The molecule has 2 aromatic carbocycles. The molecule has 0 saturated carbocycles. The molecule has 1 aromatic heterocycles. The van der Waals surface area contributed by atoms with Crippen LogP contribution in [0.15, 0.2) is 60.8 Å². The van der Waals surface area contributed by atoms with Crippen LogP contribution in [-0.2, 0) is 12.8 Å². The summed E-state index contributed by atoms with van der Waals surface area (Å²) in [6, 6.07) is 11.2. The van der Waals surface area contributed by atoms with Gasteiger partial charge in [0.25, 0.3) is 5.91 Å². The number of imide groups is 1. The maximum Gasteiger partial charge on any atom is 0.416 e. The summed E-state index contributed by atoms with van der Waals surface area (Å²) in [5, 5.41) is 4.68. The number of carbonyl (C=O) groups excluding carboxylic acids is 2. The number of nitrogens with one attached hydrogen (secondary N) is 2. The number of urea groups is 1. The fourth-order valence-electron chi connectivity index (χ4n) is 2.58. The molecule has 3 amide bonds. The van der Waals surface area contributed by atoms with E-state index < -0.39 is 23.7 Å². The zero-order valence-corrected chi connectivity index (χ0v) is 17.6. The summed E-state index contributed by atoms with van der Waals surface area (Å²) in [7, 11) is 0. The summed E-state index contributed by atoms with van der Waals surface area (Å²) in [5.74, 6) is -0.653. The van der Waals surface area contributed by atoms with Gasteiger partial charge in [0.15, 0.2) is 0 Å². The van der Waals surface area contributed by atoms with Gasteiger partial charge < -0.3 is 10.1 Å². The van der Waals surface area contributed by atoms with E-state index in [1.165, 1.54) is 42.6 Å². The van der Waals surface area contributed by atoms with Crippen LogP contribution in [-0.4, -0.2) is 16.9 Å². The number of alkyl halides is 3. The van der Waals surface area contributed by atoms with E-state index in [0.717, 1.165) is 12.1 Å². The minimum Gasteiger partial charge on any atom is -0.473 e. The zero-order chi connectivity index (χ0) is 23.3. The van der Waals surface area contributed by atoms with Crippen molar-refractivity contribution >= 4 is 40.8 Å². The minimum atomic E-state index is -4.44. The minimum absolute atomic E-state index is 0.0394. The highest BCUT2D eigenvalue weighted by molar-refractivity contribution is 6.40. The smallest absolute Gasteiger partial charge is 0.416 e. The lowest BCUT2D eigenvalue weighted by Crippen LogP contribution is -2.34. The number of amides is 3. The Bertz CT molecular complexity index is 1120. The van der Waals surface area contributed by atoms with Gasteiger partial charge in [-0.3, -0.25) is 10.1 Å². The van der Waals surface area contributed by atoms with Gasteiger partial charge in [-0.05, 0) is 35.9 Å². The third kappa shape index (κ3) is 6.12. The molecule has 6 nitrogen and oxygen atoms in total. The summed E-state index contributed by atoms with van der Waals surface area (Å²) < 4.78 is 43.7. The Morgan fingerprint density at radius 3 is 2.31 bits per heavy atom. The van der Waals surface area contributed by atoms with Crippen molar-refractivity contribution in [3.8, 4) is 5.88 Å². The first kappa shape index (κ1) is 23.4. The second-order valence-corrected chi connectivity index (χ2v) is 7.19. The summed E-state index contributed by atoms with van der Waals surface area (Å²) >= 11 is 11.9. The Hall–Kier alpha value is -3.30. The molecule has 2 N–H and O–H groups in total. The molecule has 3 rings (SSSR count). The van der Waals surface area contributed by atoms with Gasteiger partial charge in [0.2, 0.25) is 5.88 Å². The van der Waals surface area contributed by atoms with Gasteiger partial charge in [0, 0.05) is 6.07 Å². The monoisotopic (exact) mass is 483 g/mol. The lowest BCUT2D eigenvalue weighted by Gasteiger charge is -2.11. The lowest BCUT2D eigenvalue weighted by molar-refractivity contribution is -0.137. The van der Waals surface area contributed by atoms with Gasteiger partial charge in [-0.1, -0.05) is 41.4 Å². The SMILES string of the molecule is O=C(NC(=O)c1c(Cl)cccc1Cl)Nc1ccc(OCc2cccc(C(F)(F)F)c2)nc1. The molecule has 0 aliphatic heterocycles. The van der Waals surface area contributed by atoms with Crippen molar-refractivity contribution in [1.82, 2.24) is 10.3 Å². The van der Waals surface area contributed by atoms with Crippen LogP contribution >= 0.6 is 23.2 Å².